The predicted molar refractivity (Wildman–Crippen MR) is 95.4 cm³/mol. The van der Waals surface area contributed by atoms with Crippen molar-refractivity contribution in [3.8, 4) is 5.75 Å². The van der Waals surface area contributed by atoms with Gasteiger partial charge in [0.1, 0.15) is 5.75 Å². The smallest absolute Gasteiger partial charge is 0.311 e. The lowest BCUT2D eigenvalue weighted by Gasteiger charge is -2.07. The molecule has 0 amide bonds. The van der Waals surface area contributed by atoms with Crippen LogP contribution in [0.1, 0.15) is 63.9 Å². The number of halogens is 1. The summed E-state index contributed by atoms with van der Waals surface area (Å²) < 4.78 is 10.3. The van der Waals surface area contributed by atoms with Crippen molar-refractivity contribution in [2.24, 2.45) is 0 Å². The van der Waals surface area contributed by atoms with Gasteiger partial charge in [-0.2, -0.15) is 0 Å². The van der Waals surface area contributed by atoms with Crippen molar-refractivity contribution < 1.29 is 19.1 Å². The molecule has 0 bridgehead atoms. The van der Waals surface area contributed by atoms with Crippen LogP contribution in [-0.2, 0) is 14.3 Å². The van der Waals surface area contributed by atoms with Gasteiger partial charge in [0.15, 0.2) is 0 Å². The number of esters is 2. The molecule has 0 spiro atoms. The van der Waals surface area contributed by atoms with Gasteiger partial charge < -0.3 is 9.47 Å². The molecule has 1 aromatic carbocycles. The van der Waals surface area contributed by atoms with Crippen molar-refractivity contribution in [3.05, 3.63) is 28.8 Å². The van der Waals surface area contributed by atoms with Gasteiger partial charge in [-0.05, 0) is 37.1 Å². The molecule has 0 saturated carbocycles. The van der Waals surface area contributed by atoms with Gasteiger partial charge in [0, 0.05) is 5.02 Å². The molecule has 0 fully saturated rings. The van der Waals surface area contributed by atoms with Gasteiger partial charge in [-0.15, -0.1) is 0 Å². The van der Waals surface area contributed by atoms with E-state index >= 15 is 0 Å². The lowest BCUT2D eigenvalue weighted by atomic mass is 10.1. The van der Waals surface area contributed by atoms with Crippen LogP contribution in [0.4, 0.5) is 0 Å². The molecule has 0 saturated heterocycles. The monoisotopic (exact) mass is 354 g/mol. The zero-order valence-electron chi connectivity index (χ0n) is 14.6. The zero-order chi connectivity index (χ0) is 17.8. The second kappa shape index (κ2) is 11.9. The summed E-state index contributed by atoms with van der Waals surface area (Å²) in [4.78, 5) is 23.3. The van der Waals surface area contributed by atoms with E-state index in [0.717, 1.165) is 18.4 Å². The minimum atomic E-state index is -0.451. The van der Waals surface area contributed by atoms with Crippen LogP contribution < -0.4 is 4.74 Å². The maximum Gasteiger partial charge on any atom is 0.311 e. The van der Waals surface area contributed by atoms with Gasteiger partial charge >= 0.3 is 11.9 Å². The Balaban J connectivity index is 2.13. The number of aryl methyl sites for hydroxylation is 1. The Morgan fingerprint density at radius 2 is 1.67 bits per heavy atom. The van der Waals surface area contributed by atoms with Crippen LogP contribution in [0.5, 0.6) is 5.75 Å². The molecule has 0 aromatic heterocycles. The first-order chi connectivity index (χ1) is 11.5. The highest BCUT2D eigenvalue weighted by atomic mass is 35.5. The Hall–Kier alpha value is -1.55. The van der Waals surface area contributed by atoms with Gasteiger partial charge in [0.25, 0.3) is 0 Å². The third kappa shape index (κ3) is 8.92. The molecule has 134 valence electrons. The molecule has 0 aliphatic heterocycles. The number of benzene rings is 1. The maximum absolute atomic E-state index is 11.7. The Kier molecular flexibility index (Phi) is 10.2. The normalized spacial score (nSPS) is 10.5. The largest absolute Gasteiger partial charge is 0.466 e. The lowest BCUT2D eigenvalue weighted by Crippen LogP contribution is -2.13. The zero-order valence-corrected chi connectivity index (χ0v) is 15.4. The summed E-state index contributed by atoms with van der Waals surface area (Å²) in [6.07, 6.45) is 6.90. The Bertz CT molecular complexity index is 528. The molecular formula is C19H27ClO4. The van der Waals surface area contributed by atoms with E-state index in [1.165, 1.54) is 25.7 Å². The van der Waals surface area contributed by atoms with Crippen LogP contribution in [0.3, 0.4) is 0 Å². The van der Waals surface area contributed by atoms with E-state index in [0.29, 0.717) is 17.4 Å². The molecule has 1 rings (SSSR count). The van der Waals surface area contributed by atoms with Crippen molar-refractivity contribution in [1.82, 2.24) is 0 Å². The van der Waals surface area contributed by atoms with Crippen molar-refractivity contribution >= 4 is 23.5 Å². The van der Waals surface area contributed by atoms with Gasteiger partial charge in [0.05, 0.1) is 19.4 Å². The van der Waals surface area contributed by atoms with Gasteiger partial charge in [-0.1, -0.05) is 50.6 Å². The van der Waals surface area contributed by atoms with E-state index in [2.05, 4.69) is 6.92 Å². The van der Waals surface area contributed by atoms with Crippen LogP contribution in [0.25, 0.3) is 0 Å². The van der Waals surface area contributed by atoms with Gasteiger partial charge in [-0.3, -0.25) is 9.59 Å². The molecule has 5 heteroatoms. The standard InChI is InChI=1S/C19H27ClO4/c1-3-4-5-6-7-8-13-23-18(21)11-12-19(22)24-16-9-10-17(20)15(2)14-16/h9-10,14H,3-8,11-13H2,1-2H3. The van der Waals surface area contributed by atoms with Gasteiger partial charge in [-0.25, -0.2) is 0 Å². The van der Waals surface area contributed by atoms with Crippen molar-refractivity contribution in [2.75, 3.05) is 6.61 Å². The number of unbranched alkanes of at least 4 members (excludes halogenated alkanes) is 5. The van der Waals surface area contributed by atoms with Crippen molar-refractivity contribution in [1.29, 1.82) is 0 Å². The van der Waals surface area contributed by atoms with Crippen LogP contribution in [0, 0.1) is 6.92 Å². The fourth-order valence-electron chi connectivity index (χ4n) is 2.21. The number of ether oxygens (including phenoxy) is 2. The molecule has 0 radical (unpaired) electrons. The summed E-state index contributed by atoms with van der Waals surface area (Å²) in [7, 11) is 0. The number of carbonyl (C=O) groups excluding carboxylic acids is 2. The van der Waals surface area contributed by atoms with E-state index < -0.39 is 5.97 Å². The summed E-state index contributed by atoms with van der Waals surface area (Å²) in [6.45, 7) is 4.44. The molecule has 0 heterocycles. The molecule has 0 aliphatic rings. The molecular weight excluding hydrogens is 328 g/mol. The van der Waals surface area contributed by atoms with Crippen LogP contribution in [0.15, 0.2) is 18.2 Å². The Morgan fingerprint density at radius 3 is 2.38 bits per heavy atom. The van der Waals surface area contributed by atoms with Gasteiger partial charge in [0.2, 0.25) is 0 Å². The van der Waals surface area contributed by atoms with E-state index in [9.17, 15) is 9.59 Å². The summed E-state index contributed by atoms with van der Waals surface area (Å²) in [5, 5.41) is 0.619. The molecule has 0 atom stereocenters. The number of carbonyl (C=O) groups is 2. The maximum atomic E-state index is 11.7. The first-order valence-electron chi connectivity index (χ1n) is 8.65. The SMILES string of the molecule is CCCCCCCCOC(=O)CCC(=O)Oc1ccc(Cl)c(C)c1. The minimum absolute atomic E-state index is 0.0109. The van der Waals surface area contributed by atoms with E-state index in [4.69, 9.17) is 21.1 Å². The molecule has 0 unspecified atom stereocenters. The minimum Gasteiger partial charge on any atom is -0.466 e. The summed E-state index contributed by atoms with van der Waals surface area (Å²) >= 11 is 5.91. The Labute approximate surface area is 149 Å². The first-order valence-corrected chi connectivity index (χ1v) is 9.03. The summed E-state index contributed by atoms with van der Waals surface area (Å²) in [5.74, 6) is -0.372. The average molecular weight is 355 g/mol. The molecule has 0 aliphatic carbocycles. The van der Waals surface area contributed by atoms with E-state index in [1.54, 1.807) is 18.2 Å². The number of hydrogen-bond acceptors (Lipinski definition) is 4. The molecule has 4 nitrogen and oxygen atoms in total. The fourth-order valence-corrected chi connectivity index (χ4v) is 2.33. The fraction of sp³-hybridized carbons (Fsp3) is 0.579. The molecule has 24 heavy (non-hydrogen) atoms. The van der Waals surface area contributed by atoms with Crippen LogP contribution in [0.2, 0.25) is 5.02 Å². The summed E-state index contributed by atoms with van der Waals surface area (Å²) in [6, 6.07) is 5.00. The quantitative estimate of drug-likeness (QED) is 0.310. The van der Waals surface area contributed by atoms with Crippen molar-refractivity contribution in [2.45, 2.75) is 65.2 Å². The number of hydrogen-bond donors (Lipinski definition) is 0. The van der Waals surface area contributed by atoms with Crippen molar-refractivity contribution in [3.63, 3.8) is 0 Å². The topological polar surface area (TPSA) is 52.6 Å². The lowest BCUT2D eigenvalue weighted by molar-refractivity contribution is -0.147. The van der Waals surface area contributed by atoms with E-state index in [-0.39, 0.29) is 18.8 Å². The highest BCUT2D eigenvalue weighted by Crippen LogP contribution is 2.21. The molecule has 1 aromatic rings. The highest BCUT2D eigenvalue weighted by molar-refractivity contribution is 6.31. The second-order valence-electron chi connectivity index (χ2n) is 5.87. The highest BCUT2D eigenvalue weighted by Gasteiger charge is 2.10. The van der Waals surface area contributed by atoms with Crippen LogP contribution in [-0.4, -0.2) is 18.5 Å². The number of rotatable bonds is 11. The van der Waals surface area contributed by atoms with Crippen LogP contribution >= 0.6 is 11.6 Å². The first kappa shape index (κ1) is 20.5. The summed E-state index contributed by atoms with van der Waals surface area (Å²) in [5.41, 5.74) is 0.834. The molecule has 0 N–H and O–H groups in total. The second-order valence-corrected chi connectivity index (χ2v) is 6.28. The third-order valence-corrected chi connectivity index (χ3v) is 4.08. The average Bonchev–Trinajstić information content (AvgIpc) is 2.55. The predicted octanol–water partition coefficient (Wildman–Crippen LogP) is 5.24. The third-order valence-electron chi connectivity index (χ3n) is 3.66. The van der Waals surface area contributed by atoms with E-state index in [1.807, 2.05) is 6.92 Å². The Morgan fingerprint density at radius 1 is 1.00 bits per heavy atom.